The van der Waals surface area contributed by atoms with Crippen molar-refractivity contribution in [3.63, 3.8) is 0 Å². The van der Waals surface area contributed by atoms with Crippen LogP contribution in [0.3, 0.4) is 0 Å². The van der Waals surface area contributed by atoms with E-state index in [-0.39, 0.29) is 17.6 Å². The fourth-order valence-corrected chi connectivity index (χ4v) is 4.19. The maximum Gasteiger partial charge on any atom is 0.416 e. The Morgan fingerprint density at radius 3 is 2.62 bits per heavy atom. The van der Waals surface area contributed by atoms with E-state index in [0.29, 0.717) is 24.4 Å². The molecule has 1 aliphatic heterocycles. The molecule has 0 amide bonds. The smallest absolute Gasteiger partial charge is 0.416 e. The van der Waals surface area contributed by atoms with Crippen molar-refractivity contribution in [3.8, 4) is 5.75 Å². The monoisotopic (exact) mass is 451 g/mol. The predicted octanol–water partition coefficient (Wildman–Crippen LogP) is 5.55. The van der Waals surface area contributed by atoms with Crippen LogP contribution in [-0.4, -0.2) is 37.2 Å². The fraction of sp³-hybridized carbons (Fsp3) is 0.458. The molecule has 1 aliphatic carbocycles. The molecule has 32 heavy (non-hydrogen) atoms. The van der Waals surface area contributed by atoms with Gasteiger partial charge >= 0.3 is 12.1 Å². The molecule has 1 saturated heterocycles. The number of hydrogen-bond donors (Lipinski definition) is 0. The van der Waals surface area contributed by atoms with E-state index < -0.39 is 23.5 Å². The van der Waals surface area contributed by atoms with Crippen LogP contribution in [0.1, 0.15) is 58.6 Å². The van der Waals surface area contributed by atoms with Gasteiger partial charge in [0.2, 0.25) is 0 Å². The first kappa shape index (κ1) is 22.6. The number of benzene rings is 2. The summed E-state index contributed by atoms with van der Waals surface area (Å²) in [6.45, 7) is 1.66. The molecule has 0 aromatic heterocycles. The fourth-order valence-electron chi connectivity index (χ4n) is 4.19. The number of piperidine rings is 1. The van der Waals surface area contributed by atoms with E-state index in [1.807, 2.05) is 0 Å². The zero-order valence-corrected chi connectivity index (χ0v) is 17.8. The molecule has 4 rings (SSSR count). The molecule has 0 N–H and O–H groups in total. The highest BCUT2D eigenvalue weighted by Crippen LogP contribution is 2.45. The van der Waals surface area contributed by atoms with Crippen LogP contribution >= 0.6 is 0 Å². The Labute approximate surface area is 184 Å². The zero-order chi connectivity index (χ0) is 22.9. The lowest BCUT2D eigenvalue weighted by Crippen LogP contribution is -2.40. The van der Waals surface area contributed by atoms with Crippen molar-refractivity contribution in [3.05, 3.63) is 64.5 Å². The molecule has 0 radical (unpaired) electrons. The van der Waals surface area contributed by atoms with Crippen LogP contribution in [0.2, 0.25) is 0 Å². The van der Waals surface area contributed by atoms with Gasteiger partial charge < -0.3 is 9.47 Å². The van der Waals surface area contributed by atoms with Crippen molar-refractivity contribution in [1.29, 1.82) is 0 Å². The highest BCUT2D eigenvalue weighted by molar-refractivity contribution is 5.90. The Morgan fingerprint density at radius 1 is 1.16 bits per heavy atom. The summed E-state index contributed by atoms with van der Waals surface area (Å²) in [5.74, 6) is -0.740. The average Bonchev–Trinajstić information content (AvgIpc) is 3.58. The highest BCUT2D eigenvalue weighted by atomic mass is 19.4. The van der Waals surface area contributed by atoms with Gasteiger partial charge in [-0.15, -0.1) is 0 Å². The number of rotatable bonds is 6. The van der Waals surface area contributed by atoms with Crippen LogP contribution < -0.4 is 4.74 Å². The van der Waals surface area contributed by atoms with Gasteiger partial charge in [-0.25, -0.2) is 9.18 Å². The van der Waals surface area contributed by atoms with Gasteiger partial charge in [0.25, 0.3) is 0 Å². The van der Waals surface area contributed by atoms with Gasteiger partial charge in [-0.3, -0.25) is 4.90 Å². The third-order valence-corrected chi connectivity index (χ3v) is 5.94. The second kappa shape index (κ2) is 9.10. The third kappa shape index (κ3) is 5.23. The van der Waals surface area contributed by atoms with E-state index in [1.54, 1.807) is 6.07 Å². The Morgan fingerprint density at radius 2 is 1.94 bits per heavy atom. The first-order valence-electron chi connectivity index (χ1n) is 10.7. The standard InChI is InChI=1S/C24H25F4NO3/c1-31-23(30)20-11-19(16-7-8-16)22(12-21(20)25)32-18-6-3-9-29(14-18)13-15-4-2-5-17(10-15)24(26,27)28/h2,4-5,10-12,16,18H,3,6-9,13-14H2,1H3. The number of methoxy groups -OCH3 is 1. The predicted molar refractivity (Wildman–Crippen MR) is 110 cm³/mol. The second-order valence-electron chi connectivity index (χ2n) is 8.45. The van der Waals surface area contributed by atoms with Crippen molar-refractivity contribution in [2.45, 2.75) is 50.4 Å². The molecule has 2 aromatic rings. The van der Waals surface area contributed by atoms with Gasteiger partial charge in [-0.1, -0.05) is 18.2 Å². The Balaban J connectivity index is 1.47. The number of nitrogens with zero attached hydrogens (tertiary/aromatic N) is 1. The van der Waals surface area contributed by atoms with E-state index in [2.05, 4.69) is 9.64 Å². The van der Waals surface area contributed by atoms with Gasteiger partial charge in [-0.2, -0.15) is 13.2 Å². The molecule has 1 heterocycles. The summed E-state index contributed by atoms with van der Waals surface area (Å²) in [6, 6.07) is 8.13. The summed E-state index contributed by atoms with van der Waals surface area (Å²) < 4.78 is 64.4. The molecule has 8 heteroatoms. The lowest BCUT2D eigenvalue weighted by Gasteiger charge is -2.33. The SMILES string of the molecule is COC(=O)c1cc(C2CC2)c(OC2CCCN(Cc3cccc(C(F)(F)F)c3)C2)cc1F. The van der Waals surface area contributed by atoms with Gasteiger partial charge in [0.1, 0.15) is 17.7 Å². The lowest BCUT2D eigenvalue weighted by atomic mass is 10.0. The maximum atomic E-state index is 14.5. The molecule has 1 saturated carbocycles. The molecule has 0 bridgehead atoms. The molecule has 1 atom stereocenters. The molecule has 2 aromatic carbocycles. The van der Waals surface area contributed by atoms with Gasteiger partial charge in [-0.05, 0) is 61.4 Å². The van der Waals surface area contributed by atoms with E-state index >= 15 is 0 Å². The van der Waals surface area contributed by atoms with Crippen LogP contribution in [0.4, 0.5) is 17.6 Å². The van der Waals surface area contributed by atoms with Crippen molar-refractivity contribution in [2.24, 2.45) is 0 Å². The minimum Gasteiger partial charge on any atom is -0.489 e. The largest absolute Gasteiger partial charge is 0.489 e. The quantitative estimate of drug-likeness (QED) is 0.426. The van der Waals surface area contributed by atoms with E-state index in [9.17, 15) is 22.4 Å². The van der Waals surface area contributed by atoms with E-state index in [1.165, 1.54) is 31.4 Å². The average molecular weight is 451 g/mol. The number of esters is 1. The van der Waals surface area contributed by atoms with Crippen LogP contribution in [0, 0.1) is 5.82 Å². The molecule has 172 valence electrons. The summed E-state index contributed by atoms with van der Waals surface area (Å²) in [7, 11) is 1.21. The van der Waals surface area contributed by atoms with Crippen LogP contribution in [0.25, 0.3) is 0 Å². The van der Waals surface area contributed by atoms with Crippen LogP contribution in [-0.2, 0) is 17.5 Å². The number of ether oxygens (including phenoxy) is 2. The number of carbonyl (C=O) groups is 1. The summed E-state index contributed by atoms with van der Waals surface area (Å²) >= 11 is 0. The number of alkyl halides is 3. The minimum atomic E-state index is -4.37. The maximum absolute atomic E-state index is 14.5. The van der Waals surface area contributed by atoms with E-state index in [4.69, 9.17) is 4.74 Å². The highest BCUT2D eigenvalue weighted by Gasteiger charge is 2.32. The van der Waals surface area contributed by atoms with Crippen LogP contribution in [0.15, 0.2) is 36.4 Å². The molecular weight excluding hydrogens is 426 g/mol. The molecular formula is C24H25F4NO3. The Bertz CT molecular complexity index is 988. The Hall–Kier alpha value is -2.61. The molecule has 2 fully saturated rings. The molecule has 2 aliphatic rings. The van der Waals surface area contributed by atoms with Gasteiger partial charge in [0.15, 0.2) is 0 Å². The van der Waals surface area contributed by atoms with Crippen molar-refractivity contribution < 1.29 is 31.8 Å². The van der Waals surface area contributed by atoms with Crippen molar-refractivity contribution >= 4 is 5.97 Å². The number of likely N-dealkylation sites (tertiary alicyclic amines) is 1. The zero-order valence-electron chi connectivity index (χ0n) is 17.8. The number of carbonyl (C=O) groups excluding carboxylic acids is 1. The lowest BCUT2D eigenvalue weighted by molar-refractivity contribution is -0.137. The summed E-state index contributed by atoms with van der Waals surface area (Å²) in [5.41, 5.74) is 0.640. The first-order valence-corrected chi connectivity index (χ1v) is 10.7. The minimum absolute atomic E-state index is 0.100. The summed E-state index contributed by atoms with van der Waals surface area (Å²) in [6.07, 6.45) is -1.09. The molecule has 4 nitrogen and oxygen atoms in total. The van der Waals surface area contributed by atoms with Crippen molar-refractivity contribution in [1.82, 2.24) is 4.90 Å². The Kier molecular flexibility index (Phi) is 6.42. The van der Waals surface area contributed by atoms with Crippen molar-refractivity contribution in [2.75, 3.05) is 20.2 Å². The first-order chi connectivity index (χ1) is 15.2. The third-order valence-electron chi connectivity index (χ3n) is 5.94. The van der Waals surface area contributed by atoms with E-state index in [0.717, 1.165) is 43.9 Å². The van der Waals surface area contributed by atoms with Gasteiger partial charge in [0, 0.05) is 19.2 Å². The number of halogens is 4. The van der Waals surface area contributed by atoms with Gasteiger partial charge in [0.05, 0.1) is 18.2 Å². The number of hydrogen-bond acceptors (Lipinski definition) is 4. The second-order valence-corrected chi connectivity index (χ2v) is 8.45. The summed E-state index contributed by atoms with van der Waals surface area (Å²) in [5, 5.41) is 0. The topological polar surface area (TPSA) is 38.8 Å². The molecule has 1 unspecified atom stereocenters. The molecule has 0 spiro atoms. The normalized spacial score (nSPS) is 19.6. The van der Waals surface area contributed by atoms with Crippen LogP contribution in [0.5, 0.6) is 5.75 Å². The summed E-state index contributed by atoms with van der Waals surface area (Å²) in [4.78, 5) is 13.9.